The van der Waals surface area contributed by atoms with Gasteiger partial charge in [-0.2, -0.15) is 0 Å². The lowest BCUT2D eigenvalue weighted by Crippen LogP contribution is -2.23. The molecule has 0 fully saturated rings. The topological polar surface area (TPSA) is 64.6 Å². The number of nitrogens with one attached hydrogen (secondary N) is 1. The lowest BCUT2D eigenvalue weighted by Gasteiger charge is -2.13. The number of carbonyl (C=O) groups excluding carboxylic acids is 2. The second kappa shape index (κ2) is 11.1. The third-order valence-electron chi connectivity index (χ3n) is 4.35. The van der Waals surface area contributed by atoms with Crippen LogP contribution in [0.2, 0.25) is 0 Å². The molecule has 2 aromatic rings. The Morgan fingerprint density at radius 2 is 1.75 bits per heavy atom. The summed E-state index contributed by atoms with van der Waals surface area (Å²) in [4.78, 5) is 24.1. The number of amides is 1. The van der Waals surface area contributed by atoms with Crippen LogP contribution in [0.4, 0.5) is 0 Å². The van der Waals surface area contributed by atoms with E-state index < -0.39 is 0 Å². The van der Waals surface area contributed by atoms with E-state index in [1.165, 1.54) is 0 Å². The number of methoxy groups -OCH3 is 1. The van der Waals surface area contributed by atoms with Gasteiger partial charge in [-0.05, 0) is 30.0 Å². The van der Waals surface area contributed by atoms with Gasteiger partial charge in [-0.25, -0.2) is 0 Å². The zero-order valence-corrected chi connectivity index (χ0v) is 16.9. The predicted octanol–water partition coefficient (Wildman–Crippen LogP) is 4.40. The van der Waals surface area contributed by atoms with E-state index in [9.17, 15) is 9.59 Å². The molecule has 0 radical (unpaired) electrons. The SMILES string of the molecule is COc1cc(CNC(=O)CCC(=O)c2ccccc2)ccc1OCCC(C)C. The van der Waals surface area contributed by atoms with Gasteiger partial charge in [0.25, 0.3) is 0 Å². The van der Waals surface area contributed by atoms with E-state index in [1.807, 2.05) is 36.4 Å². The Bertz CT molecular complexity index is 771. The van der Waals surface area contributed by atoms with Gasteiger partial charge >= 0.3 is 0 Å². The van der Waals surface area contributed by atoms with Crippen molar-refractivity contribution in [2.24, 2.45) is 5.92 Å². The largest absolute Gasteiger partial charge is 0.493 e. The van der Waals surface area contributed by atoms with E-state index in [-0.39, 0.29) is 24.5 Å². The fourth-order valence-corrected chi connectivity index (χ4v) is 2.63. The number of rotatable bonds is 11. The van der Waals surface area contributed by atoms with Crippen molar-refractivity contribution in [3.8, 4) is 11.5 Å². The maximum Gasteiger partial charge on any atom is 0.220 e. The van der Waals surface area contributed by atoms with Crippen LogP contribution in [0.15, 0.2) is 48.5 Å². The minimum absolute atomic E-state index is 0.0275. The van der Waals surface area contributed by atoms with E-state index in [2.05, 4.69) is 19.2 Å². The van der Waals surface area contributed by atoms with Gasteiger partial charge in [0.05, 0.1) is 13.7 Å². The molecule has 28 heavy (non-hydrogen) atoms. The summed E-state index contributed by atoms with van der Waals surface area (Å²) in [5.41, 5.74) is 1.55. The van der Waals surface area contributed by atoms with Crippen LogP contribution >= 0.6 is 0 Å². The minimum atomic E-state index is -0.152. The van der Waals surface area contributed by atoms with E-state index in [0.717, 1.165) is 12.0 Å². The van der Waals surface area contributed by atoms with Crippen LogP contribution in [0.1, 0.15) is 49.0 Å². The third-order valence-corrected chi connectivity index (χ3v) is 4.35. The Balaban J connectivity index is 1.81. The lowest BCUT2D eigenvalue weighted by atomic mass is 10.1. The number of carbonyl (C=O) groups is 2. The molecular formula is C23H29NO4. The van der Waals surface area contributed by atoms with Crippen molar-refractivity contribution >= 4 is 11.7 Å². The Kier molecular flexibility index (Phi) is 8.53. The fourth-order valence-electron chi connectivity index (χ4n) is 2.63. The summed E-state index contributed by atoms with van der Waals surface area (Å²) < 4.78 is 11.2. The van der Waals surface area contributed by atoms with Crippen molar-refractivity contribution < 1.29 is 19.1 Å². The minimum Gasteiger partial charge on any atom is -0.493 e. The highest BCUT2D eigenvalue weighted by molar-refractivity contribution is 5.97. The second-order valence-corrected chi connectivity index (χ2v) is 7.08. The zero-order valence-electron chi connectivity index (χ0n) is 16.9. The number of hydrogen-bond acceptors (Lipinski definition) is 4. The summed E-state index contributed by atoms with van der Waals surface area (Å²) in [5, 5.41) is 2.85. The van der Waals surface area contributed by atoms with Gasteiger partial charge < -0.3 is 14.8 Å². The van der Waals surface area contributed by atoms with Gasteiger partial charge in [-0.15, -0.1) is 0 Å². The fraction of sp³-hybridized carbons (Fsp3) is 0.391. The molecule has 0 saturated carbocycles. The molecule has 0 saturated heterocycles. The van der Waals surface area contributed by atoms with Crippen LogP contribution in [0.5, 0.6) is 11.5 Å². The molecule has 0 aliphatic heterocycles. The normalized spacial score (nSPS) is 10.6. The summed E-state index contributed by atoms with van der Waals surface area (Å²) in [7, 11) is 1.60. The molecule has 2 aromatic carbocycles. The van der Waals surface area contributed by atoms with Crippen LogP contribution in [0, 0.1) is 5.92 Å². The van der Waals surface area contributed by atoms with Crippen molar-refractivity contribution in [1.82, 2.24) is 5.32 Å². The number of Topliss-reactive ketones (excluding diaryl/α,β-unsaturated/α-hetero) is 1. The average molecular weight is 383 g/mol. The van der Waals surface area contributed by atoms with Crippen LogP contribution in [0.25, 0.3) is 0 Å². The standard InChI is InChI=1S/C23H29NO4/c1-17(2)13-14-28-21-11-9-18(15-22(21)27-3)16-24-23(26)12-10-20(25)19-7-5-4-6-8-19/h4-9,11,15,17H,10,12-14,16H2,1-3H3,(H,24,26). The van der Waals surface area contributed by atoms with Crippen molar-refractivity contribution in [1.29, 1.82) is 0 Å². The van der Waals surface area contributed by atoms with Gasteiger partial charge in [-0.3, -0.25) is 9.59 Å². The Hall–Kier alpha value is -2.82. The highest BCUT2D eigenvalue weighted by atomic mass is 16.5. The summed E-state index contributed by atoms with van der Waals surface area (Å²) >= 11 is 0. The highest BCUT2D eigenvalue weighted by Crippen LogP contribution is 2.28. The van der Waals surface area contributed by atoms with E-state index >= 15 is 0 Å². The first-order valence-electron chi connectivity index (χ1n) is 9.64. The zero-order chi connectivity index (χ0) is 20.4. The molecule has 0 aliphatic carbocycles. The third kappa shape index (κ3) is 7.06. The monoisotopic (exact) mass is 383 g/mol. The number of ketones is 1. The Morgan fingerprint density at radius 1 is 1.00 bits per heavy atom. The van der Waals surface area contributed by atoms with Crippen LogP contribution in [-0.2, 0) is 11.3 Å². The van der Waals surface area contributed by atoms with Crippen LogP contribution in [0.3, 0.4) is 0 Å². The molecule has 1 N–H and O–H groups in total. The van der Waals surface area contributed by atoms with E-state index in [0.29, 0.717) is 36.1 Å². The van der Waals surface area contributed by atoms with Crippen LogP contribution < -0.4 is 14.8 Å². The first kappa shape index (κ1) is 21.5. The molecule has 0 spiro atoms. The van der Waals surface area contributed by atoms with Gasteiger partial charge in [-0.1, -0.05) is 50.2 Å². The molecular weight excluding hydrogens is 354 g/mol. The van der Waals surface area contributed by atoms with Crippen molar-refractivity contribution in [3.63, 3.8) is 0 Å². The molecule has 0 atom stereocenters. The number of ether oxygens (including phenoxy) is 2. The van der Waals surface area contributed by atoms with Crippen molar-refractivity contribution in [2.45, 2.75) is 39.7 Å². The quantitative estimate of drug-likeness (QED) is 0.584. The number of hydrogen-bond donors (Lipinski definition) is 1. The smallest absolute Gasteiger partial charge is 0.220 e. The molecule has 0 aromatic heterocycles. The van der Waals surface area contributed by atoms with Crippen molar-refractivity contribution in [3.05, 3.63) is 59.7 Å². The lowest BCUT2D eigenvalue weighted by molar-refractivity contribution is -0.121. The predicted molar refractivity (Wildman–Crippen MR) is 110 cm³/mol. The molecule has 0 aliphatic rings. The molecule has 2 rings (SSSR count). The molecule has 5 heteroatoms. The van der Waals surface area contributed by atoms with E-state index in [4.69, 9.17) is 9.47 Å². The summed E-state index contributed by atoms with van der Waals surface area (Å²) in [6.45, 7) is 5.32. The molecule has 0 bridgehead atoms. The summed E-state index contributed by atoms with van der Waals surface area (Å²) in [6, 6.07) is 14.6. The first-order chi connectivity index (χ1) is 13.5. The van der Waals surface area contributed by atoms with Crippen molar-refractivity contribution in [2.75, 3.05) is 13.7 Å². The first-order valence-corrected chi connectivity index (χ1v) is 9.64. The molecule has 0 heterocycles. The average Bonchev–Trinajstić information content (AvgIpc) is 2.71. The number of benzene rings is 2. The van der Waals surface area contributed by atoms with Gasteiger partial charge in [0.15, 0.2) is 17.3 Å². The van der Waals surface area contributed by atoms with Gasteiger partial charge in [0, 0.05) is 24.9 Å². The molecule has 0 unspecified atom stereocenters. The van der Waals surface area contributed by atoms with Gasteiger partial charge in [0.2, 0.25) is 5.91 Å². The summed E-state index contributed by atoms with van der Waals surface area (Å²) in [5.74, 6) is 1.75. The maximum atomic E-state index is 12.1. The second-order valence-electron chi connectivity index (χ2n) is 7.08. The molecule has 150 valence electrons. The maximum absolute atomic E-state index is 12.1. The Morgan fingerprint density at radius 3 is 2.43 bits per heavy atom. The summed E-state index contributed by atoms with van der Waals surface area (Å²) in [6.07, 6.45) is 1.34. The highest BCUT2D eigenvalue weighted by Gasteiger charge is 2.10. The molecule has 5 nitrogen and oxygen atoms in total. The van der Waals surface area contributed by atoms with Crippen LogP contribution in [-0.4, -0.2) is 25.4 Å². The Labute approximate surface area is 167 Å². The van der Waals surface area contributed by atoms with E-state index in [1.54, 1.807) is 19.2 Å². The molecule has 1 amide bonds. The van der Waals surface area contributed by atoms with Gasteiger partial charge in [0.1, 0.15) is 0 Å².